The molecule has 0 aliphatic heterocycles. The molecule has 20 heavy (non-hydrogen) atoms. The van der Waals surface area contributed by atoms with Crippen molar-refractivity contribution < 1.29 is 4.74 Å². The number of anilines is 1. The van der Waals surface area contributed by atoms with Crippen LogP contribution in [0.3, 0.4) is 0 Å². The predicted molar refractivity (Wildman–Crippen MR) is 82.3 cm³/mol. The maximum absolute atomic E-state index is 5.81. The Balaban J connectivity index is 1.79. The summed E-state index contributed by atoms with van der Waals surface area (Å²) in [5, 5.41) is 1.11. The number of nitrogens with two attached hydrogens (primary N) is 1. The van der Waals surface area contributed by atoms with Crippen LogP contribution in [0, 0.1) is 0 Å². The lowest BCUT2D eigenvalue weighted by atomic mass is 10.1. The number of nitrogens with zero attached hydrogens (tertiary/aromatic N) is 1. The molecule has 3 heteroatoms. The van der Waals surface area contributed by atoms with E-state index < -0.39 is 0 Å². The average Bonchev–Trinajstić information content (AvgIpc) is 2.49. The van der Waals surface area contributed by atoms with E-state index in [2.05, 4.69) is 11.1 Å². The molecule has 0 saturated heterocycles. The van der Waals surface area contributed by atoms with E-state index in [0.29, 0.717) is 11.4 Å². The zero-order chi connectivity index (χ0) is 13.8. The third kappa shape index (κ3) is 2.62. The van der Waals surface area contributed by atoms with Crippen molar-refractivity contribution in [2.75, 3.05) is 5.73 Å². The number of fused-ring (bicyclic) bond motifs is 1. The lowest BCUT2D eigenvalue weighted by Gasteiger charge is -2.03. The van der Waals surface area contributed by atoms with Crippen LogP contribution >= 0.6 is 0 Å². The second-order valence-electron chi connectivity index (χ2n) is 4.41. The van der Waals surface area contributed by atoms with Crippen molar-refractivity contribution >= 4 is 22.7 Å². The number of hydrogen-bond acceptors (Lipinski definition) is 3. The van der Waals surface area contributed by atoms with E-state index in [1.807, 2.05) is 54.6 Å². The molecule has 0 aliphatic rings. The van der Waals surface area contributed by atoms with Gasteiger partial charge in [0.05, 0.1) is 17.5 Å². The molecule has 98 valence electrons. The van der Waals surface area contributed by atoms with Crippen molar-refractivity contribution in [3.8, 4) is 5.75 Å². The van der Waals surface area contributed by atoms with Gasteiger partial charge >= 0.3 is 0 Å². The number of aromatic nitrogens is 1. The summed E-state index contributed by atoms with van der Waals surface area (Å²) in [4.78, 5) is 4.29. The molecule has 0 aliphatic carbocycles. The molecular formula is C17H14N2O. The lowest BCUT2D eigenvalue weighted by molar-refractivity contribution is 0.488. The van der Waals surface area contributed by atoms with E-state index in [-0.39, 0.29) is 0 Å². The normalized spacial score (nSPS) is 11.0. The zero-order valence-corrected chi connectivity index (χ0v) is 10.9. The topological polar surface area (TPSA) is 48.1 Å². The highest BCUT2D eigenvalue weighted by molar-refractivity contribution is 5.80. The Hall–Kier alpha value is -2.81. The molecule has 0 radical (unpaired) electrons. The summed E-state index contributed by atoms with van der Waals surface area (Å²) in [5.74, 6) is 0.659. The van der Waals surface area contributed by atoms with E-state index in [4.69, 9.17) is 10.5 Å². The number of benzene rings is 2. The van der Waals surface area contributed by atoms with Gasteiger partial charge in [-0.05, 0) is 42.0 Å². The molecule has 1 aromatic heterocycles. The molecule has 0 amide bonds. The first-order valence-electron chi connectivity index (χ1n) is 6.35. The Morgan fingerprint density at radius 1 is 1.00 bits per heavy atom. The van der Waals surface area contributed by atoms with Gasteiger partial charge in [0.15, 0.2) is 0 Å². The second-order valence-corrected chi connectivity index (χ2v) is 4.41. The number of hydrogen-bond donors (Lipinski definition) is 1. The standard InChI is InChI=1S/C17H14N2O/c18-15-5-1-2-6-17(15)20-11-9-13-7-8-16-14(12-13)4-3-10-19-16/h1-12H,18H2. The quantitative estimate of drug-likeness (QED) is 0.576. The molecule has 2 N–H and O–H groups in total. The third-order valence-electron chi connectivity index (χ3n) is 3.00. The predicted octanol–water partition coefficient (Wildman–Crippen LogP) is 3.87. The van der Waals surface area contributed by atoms with Gasteiger partial charge in [-0.15, -0.1) is 0 Å². The third-order valence-corrected chi connectivity index (χ3v) is 3.00. The Kier molecular flexibility index (Phi) is 3.33. The molecular weight excluding hydrogens is 248 g/mol. The molecule has 1 heterocycles. The maximum Gasteiger partial charge on any atom is 0.149 e. The minimum atomic E-state index is 0.625. The van der Waals surface area contributed by atoms with Gasteiger partial charge in [-0.3, -0.25) is 4.98 Å². The molecule has 3 nitrogen and oxygen atoms in total. The molecule has 0 atom stereocenters. The van der Waals surface area contributed by atoms with Crippen LogP contribution in [0.15, 0.2) is 67.1 Å². The van der Waals surface area contributed by atoms with Crippen LogP contribution in [0.1, 0.15) is 5.56 Å². The molecule has 0 fully saturated rings. The first-order chi connectivity index (χ1) is 9.83. The van der Waals surface area contributed by atoms with Crippen molar-refractivity contribution in [1.82, 2.24) is 4.98 Å². The fraction of sp³-hybridized carbons (Fsp3) is 0. The van der Waals surface area contributed by atoms with Gasteiger partial charge in [0.25, 0.3) is 0 Å². The number of para-hydroxylation sites is 2. The monoisotopic (exact) mass is 262 g/mol. The van der Waals surface area contributed by atoms with Crippen molar-refractivity contribution in [2.45, 2.75) is 0 Å². The fourth-order valence-corrected chi connectivity index (χ4v) is 1.97. The molecule has 3 aromatic rings. The Morgan fingerprint density at radius 3 is 2.80 bits per heavy atom. The van der Waals surface area contributed by atoms with Crippen LogP contribution in [0.5, 0.6) is 5.75 Å². The van der Waals surface area contributed by atoms with Gasteiger partial charge in [-0.1, -0.05) is 24.3 Å². The summed E-state index contributed by atoms with van der Waals surface area (Å²) in [7, 11) is 0. The van der Waals surface area contributed by atoms with Crippen LogP contribution < -0.4 is 10.5 Å². The Bertz CT molecular complexity index is 766. The number of rotatable bonds is 3. The van der Waals surface area contributed by atoms with E-state index in [0.717, 1.165) is 16.5 Å². The molecule has 3 rings (SSSR count). The van der Waals surface area contributed by atoms with Gasteiger partial charge in [-0.2, -0.15) is 0 Å². The molecule has 0 saturated carbocycles. The molecule has 0 spiro atoms. The highest BCUT2D eigenvalue weighted by atomic mass is 16.5. The first-order valence-corrected chi connectivity index (χ1v) is 6.35. The van der Waals surface area contributed by atoms with Crippen molar-refractivity contribution in [3.05, 3.63) is 72.6 Å². The summed E-state index contributed by atoms with van der Waals surface area (Å²) in [6.07, 6.45) is 5.33. The lowest BCUT2D eigenvalue weighted by Crippen LogP contribution is -1.90. The average molecular weight is 262 g/mol. The van der Waals surface area contributed by atoms with Crippen LogP contribution in [0.25, 0.3) is 17.0 Å². The van der Waals surface area contributed by atoms with Gasteiger partial charge in [0.1, 0.15) is 5.75 Å². The summed E-state index contributed by atoms with van der Waals surface area (Å²) in [6, 6.07) is 17.4. The van der Waals surface area contributed by atoms with E-state index in [1.54, 1.807) is 12.5 Å². The highest BCUT2D eigenvalue weighted by Gasteiger charge is 1.96. The molecule has 0 bridgehead atoms. The minimum Gasteiger partial charge on any atom is -0.463 e. The number of nitrogen functional groups attached to an aromatic ring is 1. The highest BCUT2D eigenvalue weighted by Crippen LogP contribution is 2.20. The first kappa shape index (κ1) is 12.2. The summed E-state index contributed by atoms with van der Waals surface area (Å²) < 4.78 is 5.53. The summed E-state index contributed by atoms with van der Waals surface area (Å²) >= 11 is 0. The largest absolute Gasteiger partial charge is 0.463 e. The van der Waals surface area contributed by atoms with E-state index in [9.17, 15) is 0 Å². The Labute approximate surface area is 117 Å². The Morgan fingerprint density at radius 2 is 1.90 bits per heavy atom. The smallest absolute Gasteiger partial charge is 0.149 e. The second kappa shape index (κ2) is 5.45. The van der Waals surface area contributed by atoms with Crippen LogP contribution in [0.2, 0.25) is 0 Å². The fourth-order valence-electron chi connectivity index (χ4n) is 1.97. The minimum absolute atomic E-state index is 0.625. The van der Waals surface area contributed by atoms with Gasteiger partial charge in [0, 0.05) is 11.6 Å². The van der Waals surface area contributed by atoms with Crippen molar-refractivity contribution in [3.63, 3.8) is 0 Å². The van der Waals surface area contributed by atoms with Gasteiger partial charge < -0.3 is 10.5 Å². The van der Waals surface area contributed by atoms with Crippen LogP contribution in [0.4, 0.5) is 5.69 Å². The molecule has 2 aromatic carbocycles. The van der Waals surface area contributed by atoms with Crippen LogP contribution in [-0.4, -0.2) is 4.98 Å². The molecule has 0 unspecified atom stereocenters. The van der Waals surface area contributed by atoms with Crippen molar-refractivity contribution in [1.29, 1.82) is 0 Å². The van der Waals surface area contributed by atoms with Gasteiger partial charge in [0.2, 0.25) is 0 Å². The maximum atomic E-state index is 5.81. The van der Waals surface area contributed by atoms with Crippen LogP contribution in [-0.2, 0) is 0 Å². The number of pyridine rings is 1. The summed E-state index contributed by atoms with van der Waals surface area (Å²) in [6.45, 7) is 0. The SMILES string of the molecule is Nc1ccccc1OC=Cc1ccc2ncccc2c1. The zero-order valence-electron chi connectivity index (χ0n) is 10.9. The summed E-state index contributed by atoms with van der Waals surface area (Å²) in [5.41, 5.74) is 8.47. The van der Waals surface area contributed by atoms with E-state index in [1.165, 1.54) is 0 Å². The van der Waals surface area contributed by atoms with Gasteiger partial charge in [-0.25, -0.2) is 0 Å². The van der Waals surface area contributed by atoms with E-state index >= 15 is 0 Å². The van der Waals surface area contributed by atoms with Crippen molar-refractivity contribution in [2.24, 2.45) is 0 Å². The number of ether oxygens (including phenoxy) is 1.